The number of rotatable bonds is 5. The molecule has 6 heteroatoms. The van der Waals surface area contributed by atoms with Gasteiger partial charge in [-0.25, -0.2) is 0 Å². The van der Waals surface area contributed by atoms with Crippen molar-refractivity contribution in [3.05, 3.63) is 35.6 Å². The summed E-state index contributed by atoms with van der Waals surface area (Å²) in [6.07, 6.45) is 0. The number of nitrogens with zero attached hydrogens (tertiary/aromatic N) is 1. The molecule has 2 aromatic rings. The van der Waals surface area contributed by atoms with Crippen molar-refractivity contribution in [3.8, 4) is 0 Å². The molecule has 0 saturated heterocycles. The quantitative estimate of drug-likeness (QED) is 0.913. The van der Waals surface area contributed by atoms with Crippen molar-refractivity contribution in [3.63, 3.8) is 0 Å². The molecule has 0 radical (unpaired) electrons. The van der Waals surface area contributed by atoms with Crippen LogP contribution in [-0.4, -0.2) is 43.0 Å². The first-order chi connectivity index (χ1) is 11.2. The second kappa shape index (κ2) is 7.05. The number of benzene rings is 1. The second-order valence-corrected chi connectivity index (χ2v) is 6.80. The molecule has 6 nitrogen and oxygen atoms in total. The van der Waals surface area contributed by atoms with Crippen molar-refractivity contribution >= 4 is 22.8 Å². The standard InChI is InChI=1S/C18H24N2O4/c1-18(2,3)19-15(21)10-20(4)17(22)16-13(11-23-5)12-8-6-7-9-14(12)24-16/h6-9H,10-11H2,1-5H3,(H,19,21). The number of carbonyl (C=O) groups is 2. The molecule has 1 aromatic heterocycles. The predicted octanol–water partition coefficient (Wildman–Crippen LogP) is 2.57. The highest BCUT2D eigenvalue weighted by Gasteiger charge is 2.25. The normalized spacial score (nSPS) is 11.5. The smallest absolute Gasteiger partial charge is 0.290 e. The monoisotopic (exact) mass is 332 g/mol. The summed E-state index contributed by atoms with van der Waals surface area (Å²) in [4.78, 5) is 26.1. The van der Waals surface area contributed by atoms with Crippen molar-refractivity contribution < 1.29 is 18.7 Å². The van der Waals surface area contributed by atoms with Crippen LogP contribution < -0.4 is 5.32 Å². The van der Waals surface area contributed by atoms with Gasteiger partial charge in [-0.05, 0) is 26.8 Å². The van der Waals surface area contributed by atoms with Crippen LogP contribution >= 0.6 is 0 Å². The van der Waals surface area contributed by atoms with Crippen LogP contribution in [0.2, 0.25) is 0 Å². The lowest BCUT2D eigenvalue weighted by Gasteiger charge is -2.23. The highest BCUT2D eigenvalue weighted by molar-refractivity contribution is 6.00. The summed E-state index contributed by atoms with van der Waals surface area (Å²) < 4.78 is 10.9. The maximum Gasteiger partial charge on any atom is 0.290 e. The third kappa shape index (κ3) is 4.14. The molecule has 0 aliphatic carbocycles. The van der Waals surface area contributed by atoms with Crippen molar-refractivity contribution in [2.75, 3.05) is 20.7 Å². The lowest BCUT2D eigenvalue weighted by atomic mass is 10.1. The highest BCUT2D eigenvalue weighted by atomic mass is 16.5. The van der Waals surface area contributed by atoms with Gasteiger partial charge in [0.1, 0.15) is 5.58 Å². The summed E-state index contributed by atoms with van der Waals surface area (Å²) in [5.74, 6) is -0.353. The van der Waals surface area contributed by atoms with E-state index < -0.39 is 0 Å². The van der Waals surface area contributed by atoms with Crippen LogP contribution in [0, 0.1) is 0 Å². The van der Waals surface area contributed by atoms with Gasteiger partial charge in [-0.1, -0.05) is 18.2 Å². The van der Waals surface area contributed by atoms with Gasteiger partial charge in [0.15, 0.2) is 5.76 Å². The molecule has 0 aliphatic rings. The van der Waals surface area contributed by atoms with Crippen LogP contribution in [0.5, 0.6) is 0 Å². The van der Waals surface area contributed by atoms with Gasteiger partial charge in [0.25, 0.3) is 5.91 Å². The van der Waals surface area contributed by atoms with Gasteiger partial charge in [-0.3, -0.25) is 9.59 Å². The first kappa shape index (κ1) is 18.0. The molecule has 0 saturated carbocycles. The van der Waals surface area contributed by atoms with Crippen LogP contribution in [0.15, 0.2) is 28.7 Å². The molecule has 130 valence electrons. The highest BCUT2D eigenvalue weighted by Crippen LogP contribution is 2.27. The Bertz CT molecular complexity index is 743. The van der Waals surface area contributed by atoms with Gasteiger partial charge in [-0.2, -0.15) is 0 Å². The zero-order valence-electron chi connectivity index (χ0n) is 14.8. The van der Waals surface area contributed by atoms with E-state index in [2.05, 4.69) is 5.32 Å². The number of fused-ring (bicyclic) bond motifs is 1. The molecular weight excluding hydrogens is 308 g/mol. The number of ether oxygens (including phenoxy) is 1. The SMILES string of the molecule is COCc1c(C(=O)N(C)CC(=O)NC(C)(C)C)oc2ccccc12. The van der Waals surface area contributed by atoms with E-state index in [9.17, 15) is 9.59 Å². The van der Waals surface area contributed by atoms with Crippen LogP contribution in [-0.2, 0) is 16.1 Å². The molecule has 1 N–H and O–H groups in total. The summed E-state index contributed by atoms with van der Waals surface area (Å²) in [6.45, 7) is 5.90. The fraction of sp³-hybridized carbons (Fsp3) is 0.444. The van der Waals surface area contributed by atoms with Crippen molar-refractivity contribution in [1.82, 2.24) is 10.2 Å². The molecule has 0 aliphatic heterocycles. The number of carbonyl (C=O) groups excluding carboxylic acids is 2. The Morgan fingerprint density at radius 3 is 2.54 bits per heavy atom. The average Bonchev–Trinajstić information content (AvgIpc) is 2.84. The van der Waals surface area contributed by atoms with E-state index in [0.29, 0.717) is 11.1 Å². The number of likely N-dealkylation sites (N-methyl/N-ethyl adjacent to an activating group) is 1. The van der Waals surface area contributed by atoms with Gasteiger partial charge in [0, 0.05) is 30.6 Å². The van der Waals surface area contributed by atoms with E-state index >= 15 is 0 Å². The Kier molecular flexibility index (Phi) is 5.29. The summed E-state index contributed by atoms with van der Waals surface area (Å²) in [5, 5.41) is 3.68. The zero-order chi connectivity index (χ0) is 17.9. The molecule has 0 atom stereocenters. The van der Waals surface area contributed by atoms with Gasteiger partial charge < -0.3 is 19.4 Å². The number of para-hydroxylation sites is 1. The topological polar surface area (TPSA) is 71.8 Å². The molecule has 0 fully saturated rings. The lowest BCUT2D eigenvalue weighted by molar-refractivity contribution is -0.122. The van der Waals surface area contributed by atoms with Crippen LogP contribution in [0.4, 0.5) is 0 Å². The third-order valence-corrected chi connectivity index (χ3v) is 3.42. The number of furan rings is 1. The first-order valence-electron chi connectivity index (χ1n) is 7.78. The van der Waals surface area contributed by atoms with Crippen LogP contribution in [0.1, 0.15) is 36.9 Å². The predicted molar refractivity (Wildman–Crippen MR) is 91.8 cm³/mol. The Morgan fingerprint density at radius 1 is 1.25 bits per heavy atom. The third-order valence-electron chi connectivity index (χ3n) is 3.42. The van der Waals surface area contributed by atoms with E-state index in [0.717, 1.165) is 5.39 Å². The number of nitrogens with one attached hydrogen (secondary N) is 1. The first-order valence-corrected chi connectivity index (χ1v) is 7.78. The number of methoxy groups -OCH3 is 1. The zero-order valence-corrected chi connectivity index (χ0v) is 14.8. The second-order valence-electron chi connectivity index (χ2n) is 6.80. The van der Waals surface area contributed by atoms with E-state index in [1.165, 1.54) is 4.90 Å². The van der Waals surface area contributed by atoms with Crippen LogP contribution in [0.25, 0.3) is 11.0 Å². The molecule has 2 rings (SSSR count). The average molecular weight is 332 g/mol. The van der Waals surface area contributed by atoms with Gasteiger partial charge in [0.05, 0.1) is 13.2 Å². The number of hydrogen-bond acceptors (Lipinski definition) is 4. The minimum atomic E-state index is -0.346. The lowest BCUT2D eigenvalue weighted by Crippen LogP contribution is -2.46. The van der Waals surface area contributed by atoms with E-state index in [1.807, 2.05) is 39.0 Å². The molecule has 2 amide bonds. The summed E-state index contributed by atoms with van der Waals surface area (Å²) in [5.41, 5.74) is 0.975. The van der Waals surface area contributed by atoms with E-state index in [-0.39, 0.29) is 36.3 Å². The Balaban J connectivity index is 2.24. The van der Waals surface area contributed by atoms with Crippen molar-refractivity contribution in [2.45, 2.75) is 32.9 Å². The fourth-order valence-electron chi connectivity index (χ4n) is 2.48. The summed E-state index contributed by atoms with van der Waals surface area (Å²) in [7, 11) is 3.14. The molecule has 0 bridgehead atoms. The molecular formula is C18H24N2O4. The van der Waals surface area contributed by atoms with E-state index in [1.54, 1.807) is 20.2 Å². The largest absolute Gasteiger partial charge is 0.451 e. The van der Waals surface area contributed by atoms with Crippen LogP contribution in [0.3, 0.4) is 0 Å². The Morgan fingerprint density at radius 2 is 1.92 bits per heavy atom. The molecule has 0 spiro atoms. The number of amides is 2. The van der Waals surface area contributed by atoms with Gasteiger partial charge in [-0.15, -0.1) is 0 Å². The molecule has 1 aromatic carbocycles. The Labute approximate surface area is 141 Å². The van der Waals surface area contributed by atoms with E-state index in [4.69, 9.17) is 9.15 Å². The maximum atomic E-state index is 12.7. The van der Waals surface area contributed by atoms with Crippen molar-refractivity contribution in [2.24, 2.45) is 0 Å². The minimum Gasteiger partial charge on any atom is -0.451 e. The summed E-state index contributed by atoms with van der Waals surface area (Å²) >= 11 is 0. The Hall–Kier alpha value is -2.34. The summed E-state index contributed by atoms with van der Waals surface area (Å²) in [6, 6.07) is 7.41. The van der Waals surface area contributed by atoms with Crippen molar-refractivity contribution in [1.29, 1.82) is 0 Å². The fourth-order valence-corrected chi connectivity index (χ4v) is 2.48. The number of hydrogen-bond donors (Lipinski definition) is 1. The molecule has 24 heavy (non-hydrogen) atoms. The van der Waals surface area contributed by atoms with Gasteiger partial charge in [0.2, 0.25) is 5.91 Å². The van der Waals surface area contributed by atoms with Gasteiger partial charge >= 0.3 is 0 Å². The molecule has 0 unspecified atom stereocenters. The maximum absolute atomic E-state index is 12.7. The molecule has 1 heterocycles. The minimum absolute atomic E-state index is 0.0421.